The minimum Gasteiger partial charge on any atom is -0.395 e. The highest BCUT2D eigenvalue weighted by Crippen LogP contribution is 2.06. The van der Waals surface area contributed by atoms with Crippen LogP contribution in [0.5, 0.6) is 0 Å². The molecule has 1 N–H and O–H groups in total. The summed E-state index contributed by atoms with van der Waals surface area (Å²) in [7, 11) is 2.14. The molecule has 0 aromatic heterocycles. The number of nitrogens with zero attached hydrogens (tertiary/aromatic N) is 1. The molecule has 0 amide bonds. The fraction of sp³-hybridized carbons (Fsp3) is 0.467. The van der Waals surface area contributed by atoms with E-state index in [1.165, 1.54) is 12.0 Å². The van der Waals surface area contributed by atoms with Crippen molar-refractivity contribution < 1.29 is 5.11 Å². The maximum absolute atomic E-state index is 8.63. The van der Waals surface area contributed by atoms with Gasteiger partial charge in [0.05, 0.1) is 6.61 Å². The van der Waals surface area contributed by atoms with Gasteiger partial charge in [0.15, 0.2) is 0 Å². The van der Waals surface area contributed by atoms with Gasteiger partial charge in [0.2, 0.25) is 0 Å². The van der Waals surface area contributed by atoms with Crippen LogP contribution in [0.15, 0.2) is 24.3 Å². The minimum absolute atomic E-state index is 0.132. The summed E-state index contributed by atoms with van der Waals surface area (Å²) in [6.45, 7) is 4.43. The van der Waals surface area contributed by atoms with Gasteiger partial charge in [0.1, 0.15) is 0 Å². The molecule has 2 heteroatoms. The molecular weight excluding hydrogens is 210 g/mol. The first-order valence-corrected chi connectivity index (χ1v) is 6.13. The summed E-state index contributed by atoms with van der Waals surface area (Å²) >= 11 is 0. The van der Waals surface area contributed by atoms with Crippen molar-refractivity contribution in [1.82, 2.24) is 4.90 Å². The summed E-state index contributed by atoms with van der Waals surface area (Å²) in [4.78, 5) is 2.31. The first kappa shape index (κ1) is 13.8. The quantitative estimate of drug-likeness (QED) is 0.786. The van der Waals surface area contributed by atoms with Crippen molar-refractivity contribution in [2.24, 2.45) is 0 Å². The van der Waals surface area contributed by atoms with Crippen molar-refractivity contribution in [2.75, 3.05) is 20.2 Å². The molecule has 0 saturated heterocycles. The second-order valence-corrected chi connectivity index (χ2v) is 4.21. The molecule has 0 fully saturated rings. The molecule has 0 heterocycles. The summed E-state index contributed by atoms with van der Waals surface area (Å²) in [6, 6.07) is 8.32. The number of hydrogen-bond donors (Lipinski definition) is 1. The molecule has 0 atom stereocenters. The number of hydrogen-bond acceptors (Lipinski definition) is 2. The van der Waals surface area contributed by atoms with Crippen LogP contribution in [0.3, 0.4) is 0 Å². The van der Waals surface area contributed by atoms with E-state index in [2.05, 4.69) is 42.8 Å². The smallest absolute Gasteiger partial charge is 0.0540 e. The Morgan fingerprint density at radius 3 is 2.53 bits per heavy atom. The Bertz CT molecular complexity index is 372. The zero-order valence-corrected chi connectivity index (χ0v) is 10.7. The SMILES string of the molecule is CCCN(C)Cc1ccc(C#CCCO)cc1. The molecule has 0 aliphatic rings. The molecule has 0 saturated carbocycles. The summed E-state index contributed by atoms with van der Waals surface area (Å²) < 4.78 is 0. The molecule has 1 rings (SSSR count). The molecule has 1 aromatic carbocycles. The minimum atomic E-state index is 0.132. The van der Waals surface area contributed by atoms with Crippen molar-refractivity contribution in [3.05, 3.63) is 35.4 Å². The Morgan fingerprint density at radius 1 is 1.24 bits per heavy atom. The Labute approximate surface area is 104 Å². The lowest BCUT2D eigenvalue weighted by Gasteiger charge is -2.15. The maximum atomic E-state index is 8.63. The van der Waals surface area contributed by atoms with E-state index in [0.717, 1.165) is 18.7 Å². The van der Waals surface area contributed by atoms with Gasteiger partial charge in [0.25, 0.3) is 0 Å². The fourth-order valence-corrected chi connectivity index (χ4v) is 1.69. The van der Waals surface area contributed by atoms with Crippen LogP contribution < -0.4 is 0 Å². The third-order valence-electron chi connectivity index (χ3n) is 2.48. The van der Waals surface area contributed by atoms with E-state index >= 15 is 0 Å². The Balaban J connectivity index is 2.53. The zero-order valence-electron chi connectivity index (χ0n) is 10.7. The van der Waals surface area contributed by atoms with Gasteiger partial charge < -0.3 is 10.0 Å². The van der Waals surface area contributed by atoms with Crippen LogP contribution in [0.4, 0.5) is 0 Å². The van der Waals surface area contributed by atoms with Crippen LogP contribution in [0.25, 0.3) is 0 Å². The maximum Gasteiger partial charge on any atom is 0.0540 e. The molecule has 17 heavy (non-hydrogen) atoms. The van der Waals surface area contributed by atoms with Gasteiger partial charge >= 0.3 is 0 Å². The average Bonchev–Trinajstić information content (AvgIpc) is 2.32. The van der Waals surface area contributed by atoms with Crippen molar-refractivity contribution in [1.29, 1.82) is 0 Å². The van der Waals surface area contributed by atoms with Crippen LogP contribution in [-0.2, 0) is 6.54 Å². The predicted molar refractivity (Wildman–Crippen MR) is 71.6 cm³/mol. The molecule has 0 radical (unpaired) electrons. The van der Waals surface area contributed by atoms with Crippen LogP contribution in [0, 0.1) is 11.8 Å². The standard InChI is InChI=1S/C15H21NO/c1-3-11-16(2)13-15-9-7-14(8-10-15)6-4-5-12-17/h7-10,17H,3,5,11-13H2,1-2H3. The van der Waals surface area contributed by atoms with Crippen LogP contribution in [0.2, 0.25) is 0 Å². The van der Waals surface area contributed by atoms with E-state index in [1.807, 2.05) is 12.1 Å². The molecular formula is C15H21NO. The van der Waals surface area contributed by atoms with Crippen LogP contribution in [-0.4, -0.2) is 30.2 Å². The van der Waals surface area contributed by atoms with Gasteiger partial charge in [0, 0.05) is 18.5 Å². The third kappa shape index (κ3) is 5.53. The van der Waals surface area contributed by atoms with Gasteiger partial charge in [-0.2, -0.15) is 0 Å². The topological polar surface area (TPSA) is 23.5 Å². The van der Waals surface area contributed by atoms with Crippen molar-refractivity contribution in [3.63, 3.8) is 0 Å². The molecule has 0 bridgehead atoms. The highest BCUT2D eigenvalue weighted by molar-refractivity contribution is 5.36. The summed E-state index contributed by atoms with van der Waals surface area (Å²) in [5.74, 6) is 5.95. The molecule has 1 aromatic rings. The predicted octanol–water partition coefficient (Wildman–Crippen LogP) is 2.26. The summed E-state index contributed by atoms with van der Waals surface area (Å²) in [6.07, 6.45) is 1.72. The monoisotopic (exact) mass is 231 g/mol. The number of aliphatic hydroxyl groups excluding tert-OH is 1. The Morgan fingerprint density at radius 2 is 1.94 bits per heavy atom. The molecule has 0 aliphatic heterocycles. The lowest BCUT2D eigenvalue weighted by molar-refractivity contribution is 0.305. The zero-order chi connectivity index (χ0) is 12.5. The lowest BCUT2D eigenvalue weighted by atomic mass is 10.1. The first-order chi connectivity index (χ1) is 8.26. The van der Waals surface area contributed by atoms with Crippen LogP contribution in [0.1, 0.15) is 30.9 Å². The summed E-state index contributed by atoms with van der Waals surface area (Å²) in [5.41, 5.74) is 2.33. The van der Waals surface area contributed by atoms with E-state index in [9.17, 15) is 0 Å². The van der Waals surface area contributed by atoms with Gasteiger partial charge in [-0.15, -0.1) is 0 Å². The van der Waals surface area contributed by atoms with Crippen molar-refractivity contribution in [3.8, 4) is 11.8 Å². The van der Waals surface area contributed by atoms with Gasteiger partial charge in [-0.05, 0) is 37.7 Å². The van der Waals surface area contributed by atoms with E-state index in [0.29, 0.717) is 6.42 Å². The Hall–Kier alpha value is -1.30. The summed E-state index contributed by atoms with van der Waals surface area (Å²) in [5, 5.41) is 8.63. The first-order valence-electron chi connectivity index (χ1n) is 6.13. The average molecular weight is 231 g/mol. The molecule has 0 aliphatic carbocycles. The molecule has 2 nitrogen and oxygen atoms in total. The van der Waals surface area contributed by atoms with Crippen LogP contribution >= 0.6 is 0 Å². The van der Waals surface area contributed by atoms with Gasteiger partial charge in [-0.3, -0.25) is 0 Å². The largest absolute Gasteiger partial charge is 0.395 e. The normalized spacial score (nSPS) is 10.1. The van der Waals surface area contributed by atoms with E-state index in [-0.39, 0.29) is 6.61 Å². The molecule has 0 spiro atoms. The second-order valence-electron chi connectivity index (χ2n) is 4.21. The van der Waals surface area contributed by atoms with E-state index in [4.69, 9.17) is 5.11 Å². The number of aliphatic hydroxyl groups is 1. The number of rotatable bonds is 5. The second kappa shape index (κ2) is 7.89. The van der Waals surface area contributed by atoms with Crippen molar-refractivity contribution >= 4 is 0 Å². The molecule has 0 unspecified atom stereocenters. The Kier molecular flexibility index (Phi) is 6.39. The van der Waals surface area contributed by atoms with Gasteiger partial charge in [-0.1, -0.05) is 30.9 Å². The fourth-order valence-electron chi connectivity index (χ4n) is 1.69. The third-order valence-corrected chi connectivity index (χ3v) is 2.48. The molecule has 92 valence electrons. The van der Waals surface area contributed by atoms with E-state index < -0.39 is 0 Å². The number of benzene rings is 1. The van der Waals surface area contributed by atoms with Gasteiger partial charge in [-0.25, -0.2) is 0 Å². The van der Waals surface area contributed by atoms with E-state index in [1.54, 1.807) is 0 Å². The van der Waals surface area contributed by atoms with Crippen molar-refractivity contribution in [2.45, 2.75) is 26.3 Å². The highest BCUT2D eigenvalue weighted by atomic mass is 16.2. The highest BCUT2D eigenvalue weighted by Gasteiger charge is 1.98. The lowest BCUT2D eigenvalue weighted by Crippen LogP contribution is -2.18.